The lowest BCUT2D eigenvalue weighted by atomic mass is 10.2. The van der Waals surface area contributed by atoms with Crippen molar-refractivity contribution in [3.8, 4) is 5.69 Å². The molecule has 1 atom stereocenters. The summed E-state index contributed by atoms with van der Waals surface area (Å²) in [7, 11) is 0. The van der Waals surface area contributed by atoms with Crippen LogP contribution < -0.4 is 0 Å². The van der Waals surface area contributed by atoms with Crippen molar-refractivity contribution in [3.05, 3.63) is 53.9 Å². The lowest BCUT2D eigenvalue weighted by molar-refractivity contribution is 0.615. The van der Waals surface area contributed by atoms with Gasteiger partial charge >= 0.3 is 0 Å². The van der Waals surface area contributed by atoms with Crippen LogP contribution in [0.15, 0.2) is 36.7 Å². The van der Waals surface area contributed by atoms with Gasteiger partial charge in [-0.15, -0.1) is 11.6 Å². The van der Waals surface area contributed by atoms with Crippen LogP contribution in [-0.2, 0) is 0 Å². The van der Waals surface area contributed by atoms with E-state index < -0.39 is 0 Å². The summed E-state index contributed by atoms with van der Waals surface area (Å²) < 4.78 is 16.0. The van der Waals surface area contributed by atoms with Crippen molar-refractivity contribution in [1.29, 1.82) is 0 Å². The Hall–Kier alpha value is -1.94. The van der Waals surface area contributed by atoms with Gasteiger partial charge in [-0.1, -0.05) is 6.07 Å². The average molecular weight is 290 g/mol. The molecule has 1 unspecified atom stereocenters. The Balaban J connectivity index is 2.36. The molecule has 0 saturated carbocycles. The van der Waals surface area contributed by atoms with Crippen LogP contribution in [0.4, 0.5) is 4.39 Å². The molecule has 0 aliphatic rings. The molecule has 0 radical (unpaired) electrons. The molecule has 0 bridgehead atoms. The van der Waals surface area contributed by atoms with Crippen LogP contribution >= 0.6 is 11.6 Å². The van der Waals surface area contributed by atoms with E-state index >= 15 is 0 Å². The van der Waals surface area contributed by atoms with E-state index in [0.717, 1.165) is 11.1 Å². The minimum atomic E-state index is -0.330. The molecule has 2 aromatic heterocycles. The van der Waals surface area contributed by atoms with Crippen LogP contribution in [0.3, 0.4) is 0 Å². The summed E-state index contributed by atoms with van der Waals surface area (Å²) in [6.45, 7) is 3.67. The van der Waals surface area contributed by atoms with Crippen molar-refractivity contribution in [3.63, 3.8) is 0 Å². The Kier molecular flexibility index (Phi) is 3.18. The van der Waals surface area contributed by atoms with E-state index in [-0.39, 0.29) is 11.2 Å². The highest BCUT2D eigenvalue weighted by molar-refractivity contribution is 6.20. The number of benzene rings is 1. The number of aryl methyl sites for hydroxylation is 1. The number of hydrogen-bond acceptors (Lipinski definition) is 2. The standard InChI is InChI=1S/C15H13ClFN3/c1-9-3-4-13(11(17)7-9)20-14-5-6-18-8-12(14)19-15(20)10(2)16/h3-8,10H,1-2H3. The number of aromatic nitrogens is 3. The molecule has 0 aliphatic heterocycles. The summed E-state index contributed by atoms with van der Waals surface area (Å²) in [5, 5.41) is -0.330. The zero-order valence-corrected chi connectivity index (χ0v) is 11.9. The Labute approximate surface area is 121 Å². The van der Waals surface area contributed by atoms with E-state index in [9.17, 15) is 4.39 Å². The highest BCUT2D eigenvalue weighted by atomic mass is 35.5. The monoisotopic (exact) mass is 289 g/mol. The largest absolute Gasteiger partial charge is 0.292 e. The normalized spacial score (nSPS) is 12.8. The van der Waals surface area contributed by atoms with E-state index in [1.165, 1.54) is 6.07 Å². The molecule has 102 valence electrons. The fourth-order valence-corrected chi connectivity index (χ4v) is 2.41. The predicted octanol–water partition coefficient (Wildman–Crippen LogP) is 4.17. The van der Waals surface area contributed by atoms with Crippen molar-refractivity contribution in [2.75, 3.05) is 0 Å². The molecule has 3 aromatic rings. The quantitative estimate of drug-likeness (QED) is 0.663. The summed E-state index contributed by atoms with van der Waals surface area (Å²) in [6.07, 6.45) is 3.32. The number of imidazole rings is 1. The maximum Gasteiger partial charge on any atom is 0.147 e. The van der Waals surface area contributed by atoms with Crippen LogP contribution in [0.1, 0.15) is 23.7 Å². The molecule has 0 saturated heterocycles. The molecule has 0 aliphatic carbocycles. The van der Waals surface area contributed by atoms with Crippen molar-refractivity contribution < 1.29 is 4.39 Å². The highest BCUT2D eigenvalue weighted by Gasteiger charge is 2.18. The zero-order chi connectivity index (χ0) is 14.3. The third-order valence-corrected chi connectivity index (χ3v) is 3.38. The summed E-state index contributed by atoms with van der Waals surface area (Å²) in [5.74, 6) is 0.317. The first kappa shape index (κ1) is 13.1. The number of pyridine rings is 1. The van der Waals surface area contributed by atoms with Gasteiger partial charge in [-0.25, -0.2) is 9.37 Å². The molecule has 3 rings (SSSR count). The van der Waals surface area contributed by atoms with Crippen molar-refractivity contribution >= 4 is 22.6 Å². The number of nitrogens with zero attached hydrogens (tertiary/aromatic N) is 3. The zero-order valence-electron chi connectivity index (χ0n) is 11.1. The second kappa shape index (κ2) is 4.87. The molecule has 0 spiro atoms. The van der Waals surface area contributed by atoms with Crippen LogP contribution in [-0.4, -0.2) is 14.5 Å². The molecule has 1 aromatic carbocycles. The molecule has 2 heterocycles. The number of fused-ring (bicyclic) bond motifs is 1. The maximum atomic E-state index is 14.3. The second-order valence-corrected chi connectivity index (χ2v) is 5.40. The van der Waals surface area contributed by atoms with Gasteiger partial charge in [-0.05, 0) is 37.6 Å². The van der Waals surface area contributed by atoms with Crippen LogP contribution in [0, 0.1) is 12.7 Å². The van der Waals surface area contributed by atoms with Crippen molar-refractivity contribution in [2.24, 2.45) is 0 Å². The Bertz CT molecular complexity index is 780. The van der Waals surface area contributed by atoms with Crippen molar-refractivity contribution in [1.82, 2.24) is 14.5 Å². The molecule has 0 amide bonds. The van der Waals surface area contributed by atoms with Crippen LogP contribution in [0.25, 0.3) is 16.7 Å². The minimum Gasteiger partial charge on any atom is -0.292 e. The Morgan fingerprint density at radius 3 is 2.80 bits per heavy atom. The molecule has 0 N–H and O–H groups in total. The summed E-state index contributed by atoms with van der Waals surface area (Å²) in [4.78, 5) is 8.50. The van der Waals surface area contributed by atoms with Crippen molar-refractivity contribution in [2.45, 2.75) is 19.2 Å². The SMILES string of the molecule is Cc1ccc(-n2c(C(C)Cl)nc3cnccc32)c(F)c1. The van der Waals surface area contributed by atoms with Crippen LogP contribution in [0.5, 0.6) is 0 Å². The summed E-state index contributed by atoms with van der Waals surface area (Å²) in [5.41, 5.74) is 2.82. The van der Waals surface area contributed by atoms with E-state index in [1.54, 1.807) is 23.0 Å². The topological polar surface area (TPSA) is 30.7 Å². The fraction of sp³-hybridized carbons (Fsp3) is 0.200. The third kappa shape index (κ3) is 2.06. The molecule has 20 heavy (non-hydrogen) atoms. The molecule has 3 nitrogen and oxygen atoms in total. The fourth-order valence-electron chi connectivity index (χ4n) is 2.26. The highest BCUT2D eigenvalue weighted by Crippen LogP contribution is 2.29. The van der Waals surface area contributed by atoms with E-state index in [0.29, 0.717) is 17.0 Å². The van der Waals surface area contributed by atoms with Gasteiger partial charge in [0, 0.05) is 6.20 Å². The first-order valence-electron chi connectivity index (χ1n) is 6.31. The summed E-state index contributed by atoms with van der Waals surface area (Å²) >= 11 is 6.19. The summed E-state index contributed by atoms with van der Waals surface area (Å²) in [6, 6.07) is 6.93. The van der Waals surface area contributed by atoms with Gasteiger partial charge in [0.2, 0.25) is 0 Å². The van der Waals surface area contributed by atoms with Crippen LogP contribution in [0.2, 0.25) is 0 Å². The smallest absolute Gasteiger partial charge is 0.147 e. The lowest BCUT2D eigenvalue weighted by Gasteiger charge is -2.12. The first-order valence-corrected chi connectivity index (χ1v) is 6.74. The van der Waals surface area contributed by atoms with E-state index in [2.05, 4.69) is 9.97 Å². The van der Waals surface area contributed by atoms with E-state index in [1.807, 2.05) is 26.0 Å². The van der Waals surface area contributed by atoms with Gasteiger partial charge in [0.25, 0.3) is 0 Å². The Morgan fingerprint density at radius 2 is 2.10 bits per heavy atom. The van der Waals surface area contributed by atoms with Gasteiger partial charge < -0.3 is 0 Å². The number of halogens is 2. The molecular weight excluding hydrogens is 277 g/mol. The maximum absolute atomic E-state index is 14.3. The van der Waals surface area contributed by atoms with Gasteiger partial charge in [-0.3, -0.25) is 9.55 Å². The van der Waals surface area contributed by atoms with Gasteiger partial charge in [0.15, 0.2) is 0 Å². The lowest BCUT2D eigenvalue weighted by Crippen LogP contribution is -2.04. The number of rotatable bonds is 2. The second-order valence-electron chi connectivity index (χ2n) is 4.74. The number of alkyl halides is 1. The molecule has 0 fully saturated rings. The van der Waals surface area contributed by atoms with Gasteiger partial charge in [-0.2, -0.15) is 0 Å². The molecule has 5 heteroatoms. The third-order valence-electron chi connectivity index (χ3n) is 3.18. The van der Waals surface area contributed by atoms with Gasteiger partial charge in [0.1, 0.15) is 17.2 Å². The molecular formula is C15H13ClFN3. The Morgan fingerprint density at radius 1 is 1.30 bits per heavy atom. The average Bonchev–Trinajstić information content (AvgIpc) is 2.78. The van der Waals surface area contributed by atoms with E-state index in [4.69, 9.17) is 11.6 Å². The minimum absolute atomic E-state index is 0.292. The van der Waals surface area contributed by atoms with Gasteiger partial charge in [0.05, 0.1) is 22.8 Å². The number of hydrogen-bond donors (Lipinski definition) is 0. The predicted molar refractivity (Wildman–Crippen MR) is 77.8 cm³/mol. The first-order chi connectivity index (χ1) is 9.58.